The second-order valence-corrected chi connectivity index (χ2v) is 4.72. The number of urea groups is 1. The summed E-state index contributed by atoms with van der Waals surface area (Å²) >= 11 is 1.50. The van der Waals surface area contributed by atoms with Crippen molar-refractivity contribution in [3.05, 3.63) is 29.8 Å². The van der Waals surface area contributed by atoms with Gasteiger partial charge in [0, 0.05) is 4.90 Å². The molecule has 3 amide bonds. The first kappa shape index (κ1) is 15.0. The second-order valence-electron chi connectivity index (χ2n) is 3.42. The Balaban J connectivity index is 2.63. The number of imide groups is 1. The Morgan fingerprint density at radius 3 is 2.63 bits per heavy atom. The maximum atomic E-state index is 11.8. The molecule has 19 heavy (non-hydrogen) atoms. The van der Waals surface area contributed by atoms with E-state index in [1.165, 1.54) is 11.8 Å². The standard InChI is InChI=1S/C12H14N2O4S/c1-2-19-9-6-4-3-5-8(9)11(16)18-7-10(15)14-12(13)17/h3-6H,2,7H2,1H3,(H3,13,14,15,17). The van der Waals surface area contributed by atoms with Crippen LogP contribution in [0.2, 0.25) is 0 Å². The lowest BCUT2D eigenvalue weighted by Gasteiger charge is -2.08. The van der Waals surface area contributed by atoms with Crippen molar-refractivity contribution in [1.82, 2.24) is 5.32 Å². The van der Waals surface area contributed by atoms with Crippen molar-refractivity contribution in [1.29, 1.82) is 0 Å². The smallest absolute Gasteiger partial charge is 0.339 e. The van der Waals surface area contributed by atoms with Crippen LogP contribution >= 0.6 is 11.8 Å². The van der Waals surface area contributed by atoms with Crippen molar-refractivity contribution >= 4 is 29.7 Å². The third-order valence-electron chi connectivity index (χ3n) is 2.00. The number of nitrogens with two attached hydrogens (primary N) is 1. The Bertz CT molecular complexity index is 490. The lowest BCUT2D eigenvalue weighted by Crippen LogP contribution is -2.37. The zero-order chi connectivity index (χ0) is 14.3. The number of primary amides is 1. The van der Waals surface area contributed by atoms with Crippen LogP contribution in [0, 0.1) is 0 Å². The first-order chi connectivity index (χ1) is 9.04. The molecule has 0 fully saturated rings. The third-order valence-corrected chi connectivity index (χ3v) is 2.96. The molecule has 3 N–H and O–H groups in total. The zero-order valence-corrected chi connectivity index (χ0v) is 11.2. The van der Waals surface area contributed by atoms with E-state index in [-0.39, 0.29) is 0 Å². The lowest BCUT2D eigenvalue weighted by atomic mass is 10.2. The van der Waals surface area contributed by atoms with Gasteiger partial charge in [-0.05, 0) is 17.9 Å². The molecule has 1 aromatic rings. The zero-order valence-electron chi connectivity index (χ0n) is 10.3. The summed E-state index contributed by atoms with van der Waals surface area (Å²) in [4.78, 5) is 34.1. The highest BCUT2D eigenvalue weighted by Crippen LogP contribution is 2.22. The first-order valence-corrected chi connectivity index (χ1v) is 6.51. The van der Waals surface area contributed by atoms with Crippen molar-refractivity contribution in [2.45, 2.75) is 11.8 Å². The average molecular weight is 282 g/mol. The topological polar surface area (TPSA) is 98.5 Å². The van der Waals surface area contributed by atoms with Crippen LogP contribution in [-0.4, -0.2) is 30.3 Å². The second kappa shape index (κ2) is 7.42. The van der Waals surface area contributed by atoms with Gasteiger partial charge in [0.2, 0.25) is 0 Å². The summed E-state index contributed by atoms with van der Waals surface area (Å²) in [6, 6.07) is 5.96. The molecule has 0 spiro atoms. The predicted octanol–water partition coefficient (Wildman–Crippen LogP) is 1.15. The SMILES string of the molecule is CCSc1ccccc1C(=O)OCC(=O)NC(N)=O. The molecule has 0 aliphatic rings. The molecule has 0 bridgehead atoms. The number of amides is 3. The van der Waals surface area contributed by atoms with E-state index in [4.69, 9.17) is 10.5 Å². The highest BCUT2D eigenvalue weighted by atomic mass is 32.2. The summed E-state index contributed by atoms with van der Waals surface area (Å²) in [5.74, 6) is -0.565. The van der Waals surface area contributed by atoms with Gasteiger partial charge in [0.1, 0.15) is 0 Å². The van der Waals surface area contributed by atoms with Crippen LogP contribution in [0.5, 0.6) is 0 Å². The molecule has 0 unspecified atom stereocenters. The fourth-order valence-electron chi connectivity index (χ4n) is 1.30. The molecule has 0 aliphatic carbocycles. The van der Waals surface area contributed by atoms with Crippen molar-refractivity contribution in [3.8, 4) is 0 Å². The van der Waals surface area contributed by atoms with E-state index in [1.807, 2.05) is 13.0 Å². The van der Waals surface area contributed by atoms with E-state index in [2.05, 4.69) is 0 Å². The van der Waals surface area contributed by atoms with E-state index in [9.17, 15) is 14.4 Å². The van der Waals surface area contributed by atoms with Crippen LogP contribution in [0.25, 0.3) is 0 Å². The minimum Gasteiger partial charge on any atom is -0.452 e. The van der Waals surface area contributed by atoms with Gasteiger partial charge in [-0.2, -0.15) is 0 Å². The fraction of sp³-hybridized carbons (Fsp3) is 0.250. The number of carbonyl (C=O) groups is 3. The van der Waals surface area contributed by atoms with Crippen molar-refractivity contribution in [2.24, 2.45) is 5.73 Å². The van der Waals surface area contributed by atoms with E-state index in [0.717, 1.165) is 10.6 Å². The average Bonchev–Trinajstić information content (AvgIpc) is 2.36. The molecular formula is C12H14N2O4S. The third kappa shape index (κ3) is 5.01. The van der Waals surface area contributed by atoms with E-state index >= 15 is 0 Å². The molecule has 6 nitrogen and oxygen atoms in total. The largest absolute Gasteiger partial charge is 0.452 e. The number of esters is 1. The molecule has 0 saturated carbocycles. The van der Waals surface area contributed by atoms with Crippen LogP contribution in [0.15, 0.2) is 29.2 Å². The number of nitrogens with one attached hydrogen (secondary N) is 1. The molecule has 1 aromatic carbocycles. The molecule has 102 valence electrons. The number of ether oxygens (including phenoxy) is 1. The summed E-state index contributed by atoms with van der Waals surface area (Å²) < 4.78 is 4.81. The van der Waals surface area contributed by atoms with Crippen molar-refractivity contribution in [3.63, 3.8) is 0 Å². The number of benzene rings is 1. The van der Waals surface area contributed by atoms with E-state index in [0.29, 0.717) is 5.56 Å². The minimum atomic E-state index is -0.983. The molecule has 0 saturated heterocycles. The van der Waals surface area contributed by atoms with Crippen LogP contribution in [0.1, 0.15) is 17.3 Å². The van der Waals surface area contributed by atoms with Gasteiger partial charge in [0.15, 0.2) is 6.61 Å². The Hall–Kier alpha value is -2.02. The molecule has 0 aliphatic heterocycles. The molecule has 1 rings (SSSR count). The summed E-state index contributed by atoms with van der Waals surface area (Å²) in [5, 5.41) is 1.81. The Morgan fingerprint density at radius 2 is 2.00 bits per heavy atom. The van der Waals surface area contributed by atoms with Crippen LogP contribution in [0.4, 0.5) is 4.79 Å². The summed E-state index contributed by atoms with van der Waals surface area (Å²) in [7, 11) is 0. The van der Waals surface area contributed by atoms with Gasteiger partial charge >= 0.3 is 12.0 Å². The van der Waals surface area contributed by atoms with E-state index < -0.39 is 24.5 Å². The quantitative estimate of drug-likeness (QED) is 0.623. The molecular weight excluding hydrogens is 268 g/mol. The van der Waals surface area contributed by atoms with E-state index in [1.54, 1.807) is 23.5 Å². The first-order valence-electron chi connectivity index (χ1n) is 5.52. The van der Waals surface area contributed by atoms with Crippen LogP contribution < -0.4 is 11.1 Å². The van der Waals surface area contributed by atoms with Gasteiger partial charge in [-0.1, -0.05) is 19.1 Å². The molecule has 0 radical (unpaired) electrons. The number of hydrogen-bond acceptors (Lipinski definition) is 5. The maximum absolute atomic E-state index is 11.8. The molecule has 0 atom stereocenters. The van der Waals surface area contributed by atoms with Gasteiger partial charge in [-0.3, -0.25) is 10.1 Å². The molecule has 0 heterocycles. The van der Waals surface area contributed by atoms with Crippen LogP contribution in [0.3, 0.4) is 0 Å². The van der Waals surface area contributed by atoms with Crippen LogP contribution in [-0.2, 0) is 9.53 Å². The monoisotopic (exact) mass is 282 g/mol. The summed E-state index contributed by atoms with van der Waals surface area (Å²) in [6.07, 6.45) is 0. The molecule has 0 aromatic heterocycles. The van der Waals surface area contributed by atoms with Crippen molar-refractivity contribution < 1.29 is 19.1 Å². The van der Waals surface area contributed by atoms with Gasteiger partial charge in [0.25, 0.3) is 5.91 Å². The minimum absolute atomic E-state index is 0.390. The Kier molecular flexibility index (Phi) is 5.87. The van der Waals surface area contributed by atoms with Gasteiger partial charge in [0.05, 0.1) is 5.56 Å². The number of hydrogen-bond donors (Lipinski definition) is 2. The summed E-state index contributed by atoms with van der Waals surface area (Å²) in [6.45, 7) is 1.42. The molecule has 7 heteroatoms. The predicted molar refractivity (Wildman–Crippen MR) is 70.8 cm³/mol. The number of carbonyl (C=O) groups excluding carboxylic acids is 3. The normalized spacial score (nSPS) is 9.74. The van der Waals surface area contributed by atoms with Gasteiger partial charge in [-0.15, -0.1) is 11.8 Å². The number of rotatable bonds is 5. The Morgan fingerprint density at radius 1 is 1.32 bits per heavy atom. The highest BCUT2D eigenvalue weighted by Gasteiger charge is 2.14. The maximum Gasteiger partial charge on any atom is 0.339 e. The van der Waals surface area contributed by atoms with Crippen molar-refractivity contribution in [2.75, 3.05) is 12.4 Å². The summed E-state index contributed by atoms with van der Waals surface area (Å²) in [5.41, 5.74) is 5.15. The number of thioether (sulfide) groups is 1. The lowest BCUT2D eigenvalue weighted by molar-refractivity contribution is -0.123. The Labute approximate surface area is 114 Å². The van der Waals surface area contributed by atoms with Gasteiger partial charge < -0.3 is 10.5 Å². The fourth-order valence-corrected chi connectivity index (χ4v) is 2.09. The van der Waals surface area contributed by atoms with Gasteiger partial charge in [-0.25, -0.2) is 9.59 Å². The highest BCUT2D eigenvalue weighted by molar-refractivity contribution is 7.99.